The summed E-state index contributed by atoms with van der Waals surface area (Å²) in [5.74, 6) is 0.392. The highest BCUT2D eigenvalue weighted by atomic mass is 16.4. The van der Waals surface area contributed by atoms with Gasteiger partial charge in [-0.1, -0.05) is 12.1 Å². The largest absolute Gasteiger partial charge is 0.478 e. The summed E-state index contributed by atoms with van der Waals surface area (Å²) in [5.41, 5.74) is 2.83. The molecule has 2 atom stereocenters. The molecule has 2 bridgehead atoms. The number of carbonyl (C=O) groups excluding carboxylic acids is 1. The van der Waals surface area contributed by atoms with Gasteiger partial charge in [-0.15, -0.1) is 0 Å². The first-order valence-corrected chi connectivity index (χ1v) is 10.3. The lowest BCUT2D eigenvalue weighted by Crippen LogP contribution is -2.49. The van der Waals surface area contributed by atoms with Crippen LogP contribution in [0.3, 0.4) is 0 Å². The number of hydrogen-bond donors (Lipinski definition) is 1. The molecule has 1 aromatic carbocycles. The van der Waals surface area contributed by atoms with Crippen LogP contribution in [0.2, 0.25) is 0 Å². The highest BCUT2D eigenvalue weighted by Gasteiger charge is 2.37. The number of piperidine rings is 1. The van der Waals surface area contributed by atoms with E-state index in [2.05, 4.69) is 0 Å². The van der Waals surface area contributed by atoms with Gasteiger partial charge in [0.05, 0.1) is 5.56 Å². The Hall–Kier alpha value is -2.89. The predicted octanol–water partition coefficient (Wildman–Crippen LogP) is 2.96. The lowest BCUT2D eigenvalue weighted by atomic mass is 9.82. The Morgan fingerprint density at radius 2 is 1.76 bits per heavy atom. The van der Waals surface area contributed by atoms with Crippen molar-refractivity contribution in [3.05, 3.63) is 58.0 Å². The summed E-state index contributed by atoms with van der Waals surface area (Å²) in [6.45, 7) is 2.10. The molecule has 2 aliphatic heterocycles. The molecule has 0 unspecified atom stereocenters. The Morgan fingerprint density at radius 1 is 1.00 bits per heavy atom. The summed E-state index contributed by atoms with van der Waals surface area (Å²) >= 11 is 0. The van der Waals surface area contributed by atoms with Crippen molar-refractivity contribution in [3.8, 4) is 11.1 Å². The van der Waals surface area contributed by atoms with Crippen LogP contribution in [0, 0.1) is 11.8 Å². The maximum atomic E-state index is 12.8. The Kier molecular flexibility index (Phi) is 4.30. The van der Waals surface area contributed by atoms with Gasteiger partial charge in [0.1, 0.15) is 0 Å². The molecular weight excluding hydrogens is 368 g/mol. The summed E-state index contributed by atoms with van der Waals surface area (Å²) in [6, 6.07) is 10.3. The molecule has 1 amide bonds. The Morgan fingerprint density at radius 3 is 2.45 bits per heavy atom. The van der Waals surface area contributed by atoms with E-state index in [-0.39, 0.29) is 22.9 Å². The van der Waals surface area contributed by atoms with Gasteiger partial charge in [-0.2, -0.15) is 0 Å². The maximum absolute atomic E-state index is 12.8. The van der Waals surface area contributed by atoms with Crippen LogP contribution in [0.5, 0.6) is 0 Å². The number of carbonyl (C=O) groups is 2. The fourth-order valence-corrected chi connectivity index (χ4v) is 4.83. The fourth-order valence-electron chi connectivity index (χ4n) is 4.83. The number of carboxylic acid groups (broad SMARTS) is 1. The highest BCUT2D eigenvalue weighted by molar-refractivity contribution is 5.88. The normalized spacial score (nSPS) is 22.8. The molecule has 2 aromatic rings. The van der Waals surface area contributed by atoms with Gasteiger partial charge in [-0.3, -0.25) is 9.59 Å². The molecule has 6 heteroatoms. The molecule has 3 aliphatic rings. The molecular formula is C23H24N2O4. The molecule has 1 saturated heterocycles. The number of pyridine rings is 1. The van der Waals surface area contributed by atoms with Gasteiger partial charge in [0.15, 0.2) is 0 Å². The smallest absolute Gasteiger partial charge is 0.335 e. The van der Waals surface area contributed by atoms with Crippen molar-refractivity contribution in [1.82, 2.24) is 9.47 Å². The number of aromatic nitrogens is 1. The summed E-state index contributed by atoms with van der Waals surface area (Å²) in [5, 5.41) is 9.09. The Balaban J connectivity index is 1.45. The van der Waals surface area contributed by atoms with Crippen molar-refractivity contribution in [2.75, 3.05) is 13.1 Å². The Bertz CT molecular complexity index is 1040. The van der Waals surface area contributed by atoms with Crippen LogP contribution in [-0.2, 0) is 11.3 Å². The first kappa shape index (κ1) is 18.2. The molecule has 1 saturated carbocycles. The van der Waals surface area contributed by atoms with E-state index in [4.69, 9.17) is 5.11 Å². The van der Waals surface area contributed by atoms with Crippen molar-refractivity contribution < 1.29 is 14.7 Å². The number of amides is 1. The number of rotatable bonds is 4. The van der Waals surface area contributed by atoms with Crippen LogP contribution >= 0.6 is 0 Å². The lowest BCUT2D eigenvalue weighted by molar-refractivity contribution is -0.134. The molecule has 0 spiro atoms. The summed E-state index contributed by atoms with van der Waals surface area (Å²) in [4.78, 5) is 38.6. The first-order valence-electron chi connectivity index (χ1n) is 10.3. The molecule has 29 heavy (non-hydrogen) atoms. The number of fused-ring (bicyclic) bond motifs is 4. The fraction of sp³-hybridized carbons (Fsp3) is 0.435. The van der Waals surface area contributed by atoms with Gasteiger partial charge >= 0.3 is 5.97 Å². The third-order valence-corrected chi connectivity index (χ3v) is 6.53. The van der Waals surface area contributed by atoms with Gasteiger partial charge in [0.25, 0.3) is 5.56 Å². The number of likely N-dealkylation sites (tertiary alicyclic amines) is 1. The van der Waals surface area contributed by atoms with Crippen LogP contribution in [0.1, 0.15) is 47.7 Å². The monoisotopic (exact) mass is 392 g/mol. The molecule has 5 rings (SSSR count). The van der Waals surface area contributed by atoms with E-state index < -0.39 is 5.97 Å². The number of carboxylic acids is 1. The van der Waals surface area contributed by atoms with E-state index in [1.54, 1.807) is 30.3 Å². The standard InChI is InChI=1S/C23H24N2O4/c26-21(8-14-1-2-14)24-11-15-7-19(13-24)20-9-18(10-22(27)25(20)12-15)16-3-5-17(6-4-16)23(28)29/h3-6,9-10,14-15,19H,1-2,7-8,11-13H2,(H,28,29)/t15-,19+/m0/s1. The molecule has 150 valence electrons. The molecule has 2 fully saturated rings. The van der Waals surface area contributed by atoms with Crippen molar-refractivity contribution in [1.29, 1.82) is 0 Å². The first-order chi connectivity index (χ1) is 14.0. The number of aromatic carboxylic acids is 1. The third kappa shape index (κ3) is 3.48. The summed E-state index contributed by atoms with van der Waals surface area (Å²) in [7, 11) is 0. The predicted molar refractivity (Wildman–Crippen MR) is 108 cm³/mol. The average molecular weight is 392 g/mol. The molecule has 1 aliphatic carbocycles. The van der Waals surface area contributed by atoms with Gasteiger partial charge in [0, 0.05) is 43.7 Å². The van der Waals surface area contributed by atoms with Crippen LogP contribution in [0.25, 0.3) is 11.1 Å². The topological polar surface area (TPSA) is 79.6 Å². The second-order valence-electron chi connectivity index (χ2n) is 8.75. The lowest BCUT2D eigenvalue weighted by Gasteiger charge is -2.43. The third-order valence-electron chi connectivity index (χ3n) is 6.53. The zero-order valence-corrected chi connectivity index (χ0v) is 16.2. The average Bonchev–Trinajstić information content (AvgIpc) is 3.52. The molecule has 1 N–H and O–H groups in total. The van der Waals surface area contributed by atoms with Crippen molar-refractivity contribution in [2.24, 2.45) is 11.8 Å². The molecule has 1 aromatic heterocycles. The van der Waals surface area contributed by atoms with Crippen molar-refractivity contribution >= 4 is 11.9 Å². The van der Waals surface area contributed by atoms with Gasteiger partial charge in [0.2, 0.25) is 5.91 Å². The van der Waals surface area contributed by atoms with E-state index in [0.717, 1.165) is 29.8 Å². The molecule has 6 nitrogen and oxygen atoms in total. The second-order valence-corrected chi connectivity index (χ2v) is 8.75. The minimum Gasteiger partial charge on any atom is -0.478 e. The molecule has 3 heterocycles. The van der Waals surface area contributed by atoms with Gasteiger partial charge in [-0.25, -0.2) is 4.79 Å². The Labute approximate surface area is 168 Å². The van der Waals surface area contributed by atoms with E-state index in [1.807, 2.05) is 15.5 Å². The van der Waals surface area contributed by atoms with Gasteiger partial charge in [-0.05, 0) is 60.4 Å². The van der Waals surface area contributed by atoms with Crippen LogP contribution in [-0.4, -0.2) is 39.5 Å². The van der Waals surface area contributed by atoms with Crippen molar-refractivity contribution in [3.63, 3.8) is 0 Å². The minimum atomic E-state index is -0.966. The van der Waals surface area contributed by atoms with Crippen LogP contribution < -0.4 is 5.56 Å². The SMILES string of the molecule is O=C(O)c1ccc(-c2cc3n(c(=O)c2)C[C@H]2C[C@@H]3CN(C(=O)CC3CC3)C2)cc1. The minimum absolute atomic E-state index is 0.0210. The van der Waals surface area contributed by atoms with Crippen LogP contribution in [0.4, 0.5) is 0 Å². The van der Waals surface area contributed by atoms with E-state index in [0.29, 0.717) is 31.3 Å². The number of nitrogens with zero attached hydrogens (tertiary/aromatic N) is 2. The second kappa shape index (κ2) is 6.87. The maximum Gasteiger partial charge on any atom is 0.335 e. The summed E-state index contributed by atoms with van der Waals surface area (Å²) < 4.78 is 1.87. The van der Waals surface area contributed by atoms with E-state index in [1.165, 1.54) is 12.8 Å². The zero-order valence-electron chi connectivity index (χ0n) is 16.2. The van der Waals surface area contributed by atoms with E-state index in [9.17, 15) is 14.4 Å². The number of hydrogen-bond acceptors (Lipinski definition) is 3. The van der Waals surface area contributed by atoms with E-state index >= 15 is 0 Å². The zero-order chi connectivity index (χ0) is 20.1. The number of benzene rings is 1. The summed E-state index contributed by atoms with van der Waals surface area (Å²) in [6.07, 6.45) is 4.03. The van der Waals surface area contributed by atoms with Crippen molar-refractivity contribution in [2.45, 2.75) is 38.1 Å². The quantitative estimate of drug-likeness (QED) is 0.868. The highest BCUT2D eigenvalue weighted by Crippen LogP contribution is 2.38. The molecule has 0 radical (unpaired) electrons. The van der Waals surface area contributed by atoms with Gasteiger partial charge < -0.3 is 14.6 Å². The van der Waals surface area contributed by atoms with Crippen LogP contribution in [0.15, 0.2) is 41.2 Å².